The zero-order valence-electron chi connectivity index (χ0n) is 12.3. The van der Waals surface area contributed by atoms with Gasteiger partial charge >= 0.3 is 0 Å². The zero-order valence-corrected chi connectivity index (χ0v) is 12.3. The molecule has 108 valence electrons. The van der Waals surface area contributed by atoms with E-state index in [0.717, 1.165) is 25.9 Å². The van der Waals surface area contributed by atoms with Gasteiger partial charge in [0.2, 0.25) is 5.91 Å². The first kappa shape index (κ1) is 13.4. The fourth-order valence-corrected chi connectivity index (χ4v) is 4.57. The quantitative estimate of drug-likeness (QED) is 0.824. The molecule has 1 amide bonds. The molecule has 2 saturated carbocycles. The van der Waals surface area contributed by atoms with Gasteiger partial charge < -0.3 is 15.4 Å². The molecule has 3 atom stereocenters. The Bertz CT molecular complexity index is 390. The van der Waals surface area contributed by atoms with E-state index in [1.807, 2.05) is 11.9 Å². The Morgan fingerprint density at radius 1 is 1.26 bits per heavy atom. The zero-order chi connectivity index (χ0) is 13.8. The highest BCUT2D eigenvalue weighted by Crippen LogP contribution is 2.58. The topological polar surface area (TPSA) is 55.6 Å². The molecular weight excluding hydrogens is 240 g/mol. The van der Waals surface area contributed by atoms with Gasteiger partial charge in [-0.1, -0.05) is 26.7 Å². The molecule has 0 aromatic rings. The number of ether oxygens (including phenoxy) is 1. The Kier molecular flexibility index (Phi) is 2.95. The molecule has 2 aliphatic carbocycles. The highest BCUT2D eigenvalue weighted by molar-refractivity contribution is 5.89. The molecule has 4 heteroatoms. The van der Waals surface area contributed by atoms with E-state index < -0.39 is 5.54 Å². The summed E-state index contributed by atoms with van der Waals surface area (Å²) in [7, 11) is 1.94. The van der Waals surface area contributed by atoms with E-state index in [4.69, 9.17) is 10.5 Å². The molecule has 1 aliphatic heterocycles. The number of likely N-dealkylation sites (N-methyl/N-ethyl adjacent to an activating group) is 1. The van der Waals surface area contributed by atoms with Crippen LogP contribution in [0.4, 0.5) is 0 Å². The predicted molar refractivity (Wildman–Crippen MR) is 73.6 cm³/mol. The van der Waals surface area contributed by atoms with Gasteiger partial charge in [0.25, 0.3) is 0 Å². The number of carbonyl (C=O) groups is 1. The van der Waals surface area contributed by atoms with E-state index in [-0.39, 0.29) is 23.3 Å². The Labute approximate surface area is 115 Å². The van der Waals surface area contributed by atoms with Gasteiger partial charge in [0.1, 0.15) is 5.54 Å². The second-order valence-electron chi connectivity index (χ2n) is 7.13. The predicted octanol–water partition coefficient (Wildman–Crippen LogP) is 1.53. The first-order valence-electron chi connectivity index (χ1n) is 7.58. The van der Waals surface area contributed by atoms with Crippen LogP contribution in [0.25, 0.3) is 0 Å². The van der Waals surface area contributed by atoms with Crippen molar-refractivity contribution in [3.8, 4) is 0 Å². The number of fused-ring (bicyclic) bond motifs is 1. The van der Waals surface area contributed by atoms with Gasteiger partial charge in [-0.3, -0.25) is 4.79 Å². The molecule has 1 saturated heterocycles. The molecule has 3 unspecified atom stereocenters. The lowest BCUT2D eigenvalue weighted by atomic mass is 9.47. The second-order valence-corrected chi connectivity index (χ2v) is 7.13. The van der Waals surface area contributed by atoms with Gasteiger partial charge in [0.05, 0.1) is 6.10 Å². The molecule has 3 fully saturated rings. The first-order chi connectivity index (χ1) is 8.90. The molecule has 2 N–H and O–H groups in total. The summed E-state index contributed by atoms with van der Waals surface area (Å²) in [6.07, 6.45) is 5.82. The first-order valence-corrected chi connectivity index (χ1v) is 7.58. The van der Waals surface area contributed by atoms with Crippen molar-refractivity contribution in [1.29, 1.82) is 0 Å². The lowest BCUT2D eigenvalue weighted by Crippen LogP contribution is -2.80. The number of rotatable bonds is 2. The van der Waals surface area contributed by atoms with Crippen molar-refractivity contribution < 1.29 is 9.53 Å². The van der Waals surface area contributed by atoms with Crippen molar-refractivity contribution in [2.45, 2.75) is 63.6 Å². The third-order valence-electron chi connectivity index (χ3n) is 6.00. The third-order valence-corrected chi connectivity index (χ3v) is 6.00. The van der Waals surface area contributed by atoms with E-state index in [1.165, 1.54) is 12.8 Å². The average Bonchev–Trinajstić information content (AvgIpc) is 3.05. The van der Waals surface area contributed by atoms with Crippen LogP contribution in [0, 0.1) is 11.3 Å². The molecule has 0 bridgehead atoms. The lowest BCUT2D eigenvalue weighted by Gasteiger charge is -2.61. The SMILES string of the molecule is CN(C(=O)C1(N)C2CCOC2C1(C)C)C1CCCC1. The molecule has 1 heterocycles. The van der Waals surface area contributed by atoms with Gasteiger partial charge in [0, 0.05) is 31.0 Å². The normalized spacial score (nSPS) is 40.8. The van der Waals surface area contributed by atoms with E-state index in [1.54, 1.807) is 0 Å². The molecule has 4 nitrogen and oxygen atoms in total. The van der Waals surface area contributed by atoms with Gasteiger partial charge in [-0.05, 0) is 19.3 Å². The molecule has 0 spiro atoms. The number of hydrogen-bond donors (Lipinski definition) is 1. The van der Waals surface area contributed by atoms with Crippen LogP contribution in [0.1, 0.15) is 46.0 Å². The number of carbonyl (C=O) groups excluding carboxylic acids is 1. The van der Waals surface area contributed by atoms with Crippen LogP contribution in [-0.2, 0) is 9.53 Å². The van der Waals surface area contributed by atoms with Gasteiger partial charge in [0.15, 0.2) is 0 Å². The molecular formula is C15H26N2O2. The van der Waals surface area contributed by atoms with E-state index >= 15 is 0 Å². The lowest BCUT2D eigenvalue weighted by molar-refractivity contribution is -0.184. The second kappa shape index (κ2) is 4.19. The van der Waals surface area contributed by atoms with Crippen LogP contribution in [-0.4, -0.2) is 42.1 Å². The van der Waals surface area contributed by atoms with Crippen LogP contribution in [0.15, 0.2) is 0 Å². The summed E-state index contributed by atoms with van der Waals surface area (Å²) < 4.78 is 5.77. The van der Waals surface area contributed by atoms with Crippen molar-refractivity contribution in [2.24, 2.45) is 17.1 Å². The number of amides is 1. The van der Waals surface area contributed by atoms with E-state index in [2.05, 4.69) is 13.8 Å². The molecule has 3 aliphatic rings. The number of hydrogen-bond acceptors (Lipinski definition) is 3. The molecule has 3 rings (SSSR count). The Balaban J connectivity index is 1.82. The summed E-state index contributed by atoms with van der Waals surface area (Å²) in [4.78, 5) is 14.9. The molecule has 0 aromatic heterocycles. The smallest absolute Gasteiger partial charge is 0.243 e. The van der Waals surface area contributed by atoms with Crippen molar-refractivity contribution in [1.82, 2.24) is 4.90 Å². The molecule has 0 radical (unpaired) electrons. The van der Waals surface area contributed by atoms with Crippen LogP contribution >= 0.6 is 0 Å². The average molecular weight is 266 g/mol. The van der Waals surface area contributed by atoms with Crippen molar-refractivity contribution in [3.05, 3.63) is 0 Å². The van der Waals surface area contributed by atoms with E-state index in [0.29, 0.717) is 6.04 Å². The summed E-state index contributed by atoms with van der Waals surface area (Å²) >= 11 is 0. The van der Waals surface area contributed by atoms with Crippen LogP contribution in [0.3, 0.4) is 0 Å². The van der Waals surface area contributed by atoms with E-state index in [9.17, 15) is 4.79 Å². The fraction of sp³-hybridized carbons (Fsp3) is 0.933. The summed E-state index contributed by atoms with van der Waals surface area (Å²) in [6, 6.07) is 0.394. The maximum absolute atomic E-state index is 12.9. The number of nitrogens with two attached hydrogens (primary N) is 1. The van der Waals surface area contributed by atoms with Gasteiger partial charge in [-0.15, -0.1) is 0 Å². The maximum atomic E-state index is 12.9. The minimum Gasteiger partial charge on any atom is -0.377 e. The van der Waals surface area contributed by atoms with Crippen LogP contribution in [0.2, 0.25) is 0 Å². The van der Waals surface area contributed by atoms with Gasteiger partial charge in [-0.25, -0.2) is 0 Å². The Morgan fingerprint density at radius 3 is 2.53 bits per heavy atom. The Morgan fingerprint density at radius 2 is 1.89 bits per heavy atom. The monoisotopic (exact) mass is 266 g/mol. The summed E-state index contributed by atoms with van der Waals surface area (Å²) in [5.74, 6) is 0.343. The third kappa shape index (κ3) is 1.56. The van der Waals surface area contributed by atoms with Crippen molar-refractivity contribution in [3.63, 3.8) is 0 Å². The molecule has 19 heavy (non-hydrogen) atoms. The van der Waals surface area contributed by atoms with Gasteiger partial charge in [-0.2, -0.15) is 0 Å². The summed E-state index contributed by atoms with van der Waals surface area (Å²) in [6.45, 7) is 4.91. The largest absolute Gasteiger partial charge is 0.377 e. The highest BCUT2D eigenvalue weighted by Gasteiger charge is 2.71. The maximum Gasteiger partial charge on any atom is 0.243 e. The Hall–Kier alpha value is -0.610. The van der Waals surface area contributed by atoms with Crippen LogP contribution < -0.4 is 5.73 Å². The summed E-state index contributed by atoms with van der Waals surface area (Å²) in [5, 5.41) is 0. The highest BCUT2D eigenvalue weighted by atomic mass is 16.5. The van der Waals surface area contributed by atoms with Crippen molar-refractivity contribution in [2.75, 3.05) is 13.7 Å². The summed E-state index contributed by atoms with van der Waals surface area (Å²) in [5.41, 5.74) is 5.62. The van der Waals surface area contributed by atoms with Crippen molar-refractivity contribution >= 4 is 5.91 Å². The number of nitrogens with zero attached hydrogens (tertiary/aromatic N) is 1. The standard InChI is InChI=1S/C15H26N2O2/c1-14(2)12-11(8-9-19-12)15(14,16)13(18)17(3)10-6-4-5-7-10/h10-12H,4-9,16H2,1-3H3. The molecule has 0 aromatic carbocycles. The minimum atomic E-state index is -0.731. The minimum absolute atomic E-state index is 0.135. The van der Waals surface area contributed by atoms with Crippen LogP contribution in [0.5, 0.6) is 0 Å². The fourth-order valence-electron chi connectivity index (χ4n) is 4.57.